The summed E-state index contributed by atoms with van der Waals surface area (Å²) in [5, 5.41) is 18.8. The minimum Gasteiger partial charge on any atom is -0.493 e. The van der Waals surface area contributed by atoms with Crippen LogP contribution in [-0.4, -0.2) is 22.1 Å². The zero-order chi connectivity index (χ0) is 18.8. The number of aryl methyl sites for hydroxylation is 1. The summed E-state index contributed by atoms with van der Waals surface area (Å²) in [7, 11) is 0. The molecule has 0 aliphatic rings. The fourth-order valence-electron chi connectivity index (χ4n) is 2.40. The van der Waals surface area contributed by atoms with Gasteiger partial charge >= 0.3 is 5.91 Å². The van der Waals surface area contributed by atoms with Gasteiger partial charge in [-0.25, -0.2) is 0 Å². The van der Waals surface area contributed by atoms with Crippen LogP contribution in [0.25, 0.3) is 10.9 Å². The van der Waals surface area contributed by atoms with Gasteiger partial charge in [0, 0.05) is 14.9 Å². The molecule has 3 aromatic rings. The van der Waals surface area contributed by atoms with Crippen molar-refractivity contribution in [1.82, 2.24) is 4.98 Å². The number of hydrogen-bond acceptors (Lipinski definition) is 4. The van der Waals surface area contributed by atoms with E-state index in [4.69, 9.17) is 16.3 Å². The van der Waals surface area contributed by atoms with Crippen molar-refractivity contribution in [2.45, 2.75) is 20.0 Å². The number of aromatic nitrogens is 1. The molecule has 0 unspecified atom stereocenters. The number of hydrogen-bond donors (Lipinski definition) is 2. The maximum Gasteiger partial charge on any atom is 0.304 e. The number of carbonyl (C=O) groups is 1. The number of H-pyrrole nitrogens is 1. The van der Waals surface area contributed by atoms with Crippen molar-refractivity contribution in [3.63, 3.8) is 0 Å². The van der Waals surface area contributed by atoms with Crippen molar-refractivity contribution in [2.24, 2.45) is 10.2 Å². The van der Waals surface area contributed by atoms with E-state index in [2.05, 4.69) is 31.1 Å². The van der Waals surface area contributed by atoms with Gasteiger partial charge in [0.2, 0.25) is 5.88 Å². The van der Waals surface area contributed by atoms with Crippen molar-refractivity contribution in [3.8, 4) is 11.6 Å². The van der Waals surface area contributed by atoms with Crippen LogP contribution in [-0.2, 0) is 4.79 Å². The van der Waals surface area contributed by atoms with Crippen LogP contribution in [0.1, 0.15) is 12.5 Å². The highest BCUT2D eigenvalue weighted by molar-refractivity contribution is 9.10. The standard InChI is InChI=1S/C18H15BrClN3O3/c1-9-7-12(20)4-6-15(9)26-10(2)17(24)23-22-16-13-8-11(19)3-5-14(13)21-18(16)25/h3-8,10,21,25H,1-2H3/t10-/m0/s1. The second kappa shape index (κ2) is 7.47. The normalized spacial score (nSPS) is 12.6. The fraction of sp³-hybridized carbons (Fsp3) is 0.167. The molecule has 0 saturated heterocycles. The van der Waals surface area contributed by atoms with Gasteiger partial charge in [0.1, 0.15) is 5.75 Å². The highest BCUT2D eigenvalue weighted by Crippen LogP contribution is 2.36. The lowest BCUT2D eigenvalue weighted by atomic mass is 10.2. The Hall–Kier alpha value is -2.38. The van der Waals surface area contributed by atoms with E-state index in [1.54, 1.807) is 37.3 Å². The lowest BCUT2D eigenvalue weighted by Crippen LogP contribution is -2.21. The monoisotopic (exact) mass is 435 g/mol. The third-order valence-electron chi connectivity index (χ3n) is 3.75. The number of rotatable bonds is 4. The molecule has 3 rings (SSSR count). The quantitative estimate of drug-likeness (QED) is 0.516. The third kappa shape index (κ3) is 3.89. The zero-order valence-corrected chi connectivity index (χ0v) is 16.3. The van der Waals surface area contributed by atoms with Gasteiger partial charge in [-0.15, -0.1) is 10.2 Å². The molecular formula is C18H15BrClN3O3. The molecule has 0 radical (unpaired) electrons. The molecule has 1 heterocycles. The molecule has 0 aliphatic heterocycles. The Labute approximate surface area is 163 Å². The van der Waals surface area contributed by atoms with Gasteiger partial charge in [0.05, 0.1) is 5.52 Å². The summed E-state index contributed by atoms with van der Waals surface area (Å²) in [6.45, 7) is 3.42. The van der Waals surface area contributed by atoms with Crippen molar-refractivity contribution >= 4 is 50.0 Å². The number of ether oxygens (including phenoxy) is 1. The average molecular weight is 437 g/mol. The van der Waals surface area contributed by atoms with E-state index < -0.39 is 12.0 Å². The lowest BCUT2D eigenvalue weighted by molar-refractivity contribution is -0.124. The zero-order valence-electron chi connectivity index (χ0n) is 14.0. The molecule has 8 heteroatoms. The second-order valence-electron chi connectivity index (χ2n) is 5.72. The Balaban J connectivity index is 1.79. The SMILES string of the molecule is Cc1cc(Cl)ccc1O[C@@H](C)C(=O)N=Nc1c(O)[nH]c2ccc(Br)cc12. The van der Waals surface area contributed by atoms with Gasteiger partial charge < -0.3 is 14.8 Å². The Morgan fingerprint density at radius 1 is 1.31 bits per heavy atom. The maximum absolute atomic E-state index is 12.2. The summed E-state index contributed by atoms with van der Waals surface area (Å²) in [4.78, 5) is 15.0. The number of nitrogens with zero attached hydrogens (tertiary/aromatic N) is 2. The van der Waals surface area contributed by atoms with Crippen LogP contribution in [0.2, 0.25) is 5.02 Å². The summed E-state index contributed by atoms with van der Waals surface area (Å²) < 4.78 is 6.45. The highest BCUT2D eigenvalue weighted by atomic mass is 79.9. The summed E-state index contributed by atoms with van der Waals surface area (Å²) >= 11 is 9.27. The topological polar surface area (TPSA) is 87.0 Å². The van der Waals surface area contributed by atoms with Crippen LogP contribution in [0.3, 0.4) is 0 Å². The first-order valence-electron chi connectivity index (χ1n) is 7.73. The molecule has 0 fully saturated rings. The number of amides is 1. The predicted octanol–water partition coefficient (Wildman–Crippen LogP) is 5.68. The van der Waals surface area contributed by atoms with Crippen molar-refractivity contribution < 1.29 is 14.6 Å². The Morgan fingerprint density at radius 2 is 2.08 bits per heavy atom. The largest absolute Gasteiger partial charge is 0.493 e. The number of benzene rings is 2. The number of azo groups is 1. The molecule has 0 saturated carbocycles. The smallest absolute Gasteiger partial charge is 0.304 e. The summed E-state index contributed by atoms with van der Waals surface area (Å²) in [6.07, 6.45) is -0.835. The number of aromatic amines is 1. The van der Waals surface area contributed by atoms with E-state index in [0.29, 0.717) is 21.7 Å². The molecule has 26 heavy (non-hydrogen) atoms. The minimum atomic E-state index is -0.835. The Morgan fingerprint density at radius 3 is 2.81 bits per heavy atom. The molecular weight excluding hydrogens is 422 g/mol. The molecule has 1 amide bonds. The minimum absolute atomic E-state index is 0.156. The lowest BCUT2D eigenvalue weighted by Gasteiger charge is -2.13. The van der Waals surface area contributed by atoms with Crippen molar-refractivity contribution in [1.29, 1.82) is 0 Å². The van der Waals surface area contributed by atoms with Crippen molar-refractivity contribution in [3.05, 3.63) is 51.5 Å². The maximum atomic E-state index is 12.2. The van der Waals surface area contributed by atoms with Crippen LogP contribution in [0.5, 0.6) is 11.6 Å². The van der Waals surface area contributed by atoms with Crippen LogP contribution in [0, 0.1) is 6.92 Å². The van der Waals surface area contributed by atoms with Gasteiger partial charge in [0.15, 0.2) is 11.8 Å². The first-order chi connectivity index (χ1) is 12.3. The summed E-state index contributed by atoms with van der Waals surface area (Å²) in [5.74, 6) is -0.177. The van der Waals surface area contributed by atoms with Crippen LogP contribution in [0.15, 0.2) is 51.1 Å². The second-order valence-corrected chi connectivity index (χ2v) is 7.07. The van der Waals surface area contributed by atoms with Crippen molar-refractivity contribution in [2.75, 3.05) is 0 Å². The molecule has 1 atom stereocenters. The van der Waals surface area contributed by atoms with E-state index in [9.17, 15) is 9.90 Å². The first kappa shape index (κ1) is 18.4. The number of fused-ring (bicyclic) bond motifs is 1. The molecule has 2 aromatic carbocycles. The van der Waals surface area contributed by atoms with Gasteiger partial charge in [-0.1, -0.05) is 27.5 Å². The first-order valence-corrected chi connectivity index (χ1v) is 8.91. The van der Waals surface area contributed by atoms with Crippen LogP contribution in [0.4, 0.5) is 5.69 Å². The summed E-state index contributed by atoms with van der Waals surface area (Å²) in [6, 6.07) is 10.5. The van der Waals surface area contributed by atoms with Gasteiger partial charge in [-0.3, -0.25) is 4.79 Å². The molecule has 6 nitrogen and oxygen atoms in total. The summed E-state index contributed by atoms with van der Waals surface area (Å²) in [5.41, 5.74) is 1.70. The third-order valence-corrected chi connectivity index (χ3v) is 4.48. The van der Waals surface area contributed by atoms with E-state index in [-0.39, 0.29) is 11.6 Å². The Bertz CT molecular complexity index is 1020. The molecule has 0 spiro atoms. The molecule has 2 N–H and O–H groups in total. The van der Waals surface area contributed by atoms with Crippen LogP contribution >= 0.6 is 27.5 Å². The van der Waals surface area contributed by atoms with E-state index in [1.165, 1.54) is 0 Å². The number of carbonyl (C=O) groups excluding carboxylic acids is 1. The average Bonchev–Trinajstić information content (AvgIpc) is 2.89. The predicted molar refractivity (Wildman–Crippen MR) is 103 cm³/mol. The Kier molecular flexibility index (Phi) is 5.29. The molecule has 134 valence electrons. The van der Waals surface area contributed by atoms with Gasteiger partial charge in [-0.05, 0) is 55.8 Å². The van der Waals surface area contributed by atoms with Gasteiger partial charge in [0.25, 0.3) is 0 Å². The van der Waals surface area contributed by atoms with E-state index in [0.717, 1.165) is 10.0 Å². The highest BCUT2D eigenvalue weighted by Gasteiger charge is 2.17. The van der Waals surface area contributed by atoms with E-state index >= 15 is 0 Å². The number of aromatic hydroxyl groups is 1. The number of halogens is 2. The molecule has 1 aromatic heterocycles. The molecule has 0 bridgehead atoms. The fourth-order valence-corrected chi connectivity index (χ4v) is 2.99. The molecule has 0 aliphatic carbocycles. The van der Waals surface area contributed by atoms with Crippen LogP contribution < -0.4 is 4.74 Å². The number of nitrogens with one attached hydrogen (secondary N) is 1. The van der Waals surface area contributed by atoms with E-state index in [1.807, 2.05) is 13.0 Å². The van der Waals surface area contributed by atoms with Gasteiger partial charge in [-0.2, -0.15) is 0 Å².